The molecular weight excluding hydrogens is 296 g/mol. The van der Waals surface area contributed by atoms with Crippen LogP contribution < -0.4 is 5.32 Å². The molecule has 1 aromatic rings. The van der Waals surface area contributed by atoms with Crippen LogP contribution in [0.2, 0.25) is 0 Å². The molecule has 8 heteroatoms. The lowest BCUT2D eigenvalue weighted by Gasteiger charge is -2.37. The third kappa shape index (κ3) is 3.70. The van der Waals surface area contributed by atoms with Gasteiger partial charge in [0.25, 0.3) is 0 Å². The molecule has 1 atom stereocenters. The van der Waals surface area contributed by atoms with Gasteiger partial charge in [-0.2, -0.15) is 0 Å². The van der Waals surface area contributed by atoms with Gasteiger partial charge in [0.2, 0.25) is 5.91 Å². The van der Waals surface area contributed by atoms with E-state index in [1.807, 2.05) is 25.9 Å². The van der Waals surface area contributed by atoms with E-state index in [-0.39, 0.29) is 18.1 Å². The molecule has 1 N–H and O–H groups in total. The van der Waals surface area contributed by atoms with Crippen molar-refractivity contribution in [3.63, 3.8) is 0 Å². The number of amides is 1. The molecule has 0 spiro atoms. The molecule has 0 saturated carbocycles. The van der Waals surface area contributed by atoms with Gasteiger partial charge in [-0.25, -0.2) is 0 Å². The number of nitrogens with zero attached hydrogens (tertiary/aromatic N) is 5. The lowest BCUT2D eigenvalue weighted by atomic mass is 10.1. The topological polar surface area (TPSA) is 75.5 Å². The summed E-state index contributed by atoms with van der Waals surface area (Å²) in [7, 11) is 4.06. The van der Waals surface area contributed by atoms with Crippen molar-refractivity contribution in [2.45, 2.75) is 38.6 Å². The molecule has 8 nitrogen and oxygen atoms in total. The molecule has 1 unspecified atom stereocenters. The third-order valence-corrected chi connectivity index (χ3v) is 4.47. The van der Waals surface area contributed by atoms with E-state index < -0.39 is 0 Å². The second kappa shape index (κ2) is 6.94. The van der Waals surface area contributed by atoms with E-state index in [1.54, 1.807) is 0 Å². The predicted octanol–water partition coefficient (Wildman–Crippen LogP) is -0.763. The van der Waals surface area contributed by atoms with Gasteiger partial charge in [-0.15, -0.1) is 10.2 Å². The zero-order valence-corrected chi connectivity index (χ0v) is 14.2. The van der Waals surface area contributed by atoms with Crippen molar-refractivity contribution < 1.29 is 9.53 Å². The standard InChI is InChI=1S/C15H26N6O2/c1-11-17-18-14-10-21(12(8-19(2)3)9-20(11)14)15(22)4-5-23-13-6-16-7-13/h12-13,16H,4-10H2,1-3H3. The minimum absolute atomic E-state index is 0.135. The monoisotopic (exact) mass is 322 g/mol. The first-order chi connectivity index (χ1) is 11.0. The van der Waals surface area contributed by atoms with Gasteiger partial charge in [0.05, 0.1) is 31.7 Å². The molecule has 1 saturated heterocycles. The number of rotatable bonds is 6. The molecule has 0 radical (unpaired) electrons. The van der Waals surface area contributed by atoms with Crippen LogP contribution in [0, 0.1) is 6.92 Å². The van der Waals surface area contributed by atoms with Crippen LogP contribution in [0.25, 0.3) is 0 Å². The highest BCUT2D eigenvalue weighted by molar-refractivity contribution is 5.76. The Morgan fingerprint density at radius 1 is 1.39 bits per heavy atom. The van der Waals surface area contributed by atoms with Crippen molar-refractivity contribution in [1.82, 2.24) is 29.9 Å². The molecule has 0 bridgehead atoms. The van der Waals surface area contributed by atoms with Crippen LogP contribution in [0.1, 0.15) is 18.1 Å². The number of fused-ring (bicyclic) bond motifs is 1. The zero-order valence-electron chi connectivity index (χ0n) is 14.2. The molecule has 2 aliphatic rings. The van der Waals surface area contributed by atoms with E-state index in [4.69, 9.17) is 4.74 Å². The normalized spacial score (nSPS) is 21.4. The number of aryl methyl sites for hydroxylation is 1. The number of carbonyl (C=O) groups excluding carboxylic acids is 1. The van der Waals surface area contributed by atoms with Gasteiger partial charge in [0.1, 0.15) is 5.82 Å². The summed E-state index contributed by atoms with van der Waals surface area (Å²) in [4.78, 5) is 16.7. The maximum Gasteiger partial charge on any atom is 0.225 e. The Morgan fingerprint density at radius 3 is 2.83 bits per heavy atom. The highest BCUT2D eigenvalue weighted by Crippen LogP contribution is 2.19. The molecule has 1 aromatic heterocycles. The summed E-state index contributed by atoms with van der Waals surface area (Å²) < 4.78 is 7.80. The summed E-state index contributed by atoms with van der Waals surface area (Å²) in [6.07, 6.45) is 0.695. The Labute approximate surface area is 136 Å². The summed E-state index contributed by atoms with van der Waals surface area (Å²) in [5.74, 6) is 1.92. The predicted molar refractivity (Wildman–Crippen MR) is 84.9 cm³/mol. The van der Waals surface area contributed by atoms with Crippen LogP contribution in [0.3, 0.4) is 0 Å². The SMILES string of the molecule is Cc1nnc2n1CC(CN(C)C)N(C(=O)CCOC1CNC1)C2. The van der Waals surface area contributed by atoms with Gasteiger partial charge in [0, 0.05) is 26.2 Å². The van der Waals surface area contributed by atoms with Gasteiger partial charge in [-0.1, -0.05) is 0 Å². The van der Waals surface area contributed by atoms with Crippen LogP contribution in [0.5, 0.6) is 0 Å². The summed E-state index contributed by atoms with van der Waals surface area (Å²) in [5.41, 5.74) is 0. The highest BCUT2D eigenvalue weighted by Gasteiger charge is 2.32. The Hall–Kier alpha value is -1.51. The van der Waals surface area contributed by atoms with Crippen molar-refractivity contribution in [2.24, 2.45) is 0 Å². The van der Waals surface area contributed by atoms with E-state index in [0.717, 1.165) is 37.8 Å². The Morgan fingerprint density at radius 2 is 2.17 bits per heavy atom. The number of hydrogen-bond acceptors (Lipinski definition) is 6. The van der Waals surface area contributed by atoms with Crippen molar-refractivity contribution in [1.29, 1.82) is 0 Å². The van der Waals surface area contributed by atoms with E-state index in [9.17, 15) is 4.79 Å². The van der Waals surface area contributed by atoms with Crippen LogP contribution in [0.4, 0.5) is 0 Å². The van der Waals surface area contributed by atoms with Gasteiger partial charge < -0.3 is 24.4 Å². The van der Waals surface area contributed by atoms with E-state index in [2.05, 4.69) is 25.0 Å². The lowest BCUT2D eigenvalue weighted by molar-refractivity contribution is -0.138. The lowest BCUT2D eigenvalue weighted by Crippen LogP contribution is -2.51. The number of carbonyl (C=O) groups is 1. The van der Waals surface area contributed by atoms with Gasteiger partial charge in [-0.05, 0) is 21.0 Å². The molecule has 2 aliphatic heterocycles. The van der Waals surface area contributed by atoms with Crippen LogP contribution in [-0.2, 0) is 22.6 Å². The van der Waals surface area contributed by atoms with Crippen molar-refractivity contribution in [2.75, 3.05) is 40.3 Å². The van der Waals surface area contributed by atoms with E-state index in [0.29, 0.717) is 19.6 Å². The van der Waals surface area contributed by atoms with Crippen LogP contribution >= 0.6 is 0 Å². The van der Waals surface area contributed by atoms with Gasteiger partial charge in [-0.3, -0.25) is 4.79 Å². The second-order valence-corrected chi connectivity index (χ2v) is 6.61. The first-order valence-electron chi connectivity index (χ1n) is 8.20. The van der Waals surface area contributed by atoms with Gasteiger partial charge in [0.15, 0.2) is 5.82 Å². The molecule has 128 valence electrons. The van der Waals surface area contributed by atoms with Crippen molar-refractivity contribution >= 4 is 5.91 Å². The fraction of sp³-hybridized carbons (Fsp3) is 0.800. The fourth-order valence-electron chi connectivity index (χ4n) is 3.08. The Balaban J connectivity index is 1.63. The minimum atomic E-state index is 0.135. The highest BCUT2D eigenvalue weighted by atomic mass is 16.5. The zero-order chi connectivity index (χ0) is 16.4. The third-order valence-electron chi connectivity index (χ3n) is 4.47. The maximum atomic E-state index is 12.6. The molecule has 1 amide bonds. The number of aromatic nitrogens is 3. The summed E-state index contributed by atoms with van der Waals surface area (Å²) in [6.45, 7) is 6.35. The number of ether oxygens (including phenoxy) is 1. The van der Waals surface area contributed by atoms with Crippen LogP contribution in [0.15, 0.2) is 0 Å². The van der Waals surface area contributed by atoms with Crippen molar-refractivity contribution in [3.05, 3.63) is 11.6 Å². The van der Waals surface area contributed by atoms with Crippen LogP contribution in [-0.4, -0.2) is 83.0 Å². The maximum absolute atomic E-state index is 12.6. The van der Waals surface area contributed by atoms with Gasteiger partial charge >= 0.3 is 0 Å². The summed E-state index contributed by atoms with van der Waals surface area (Å²) in [5, 5.41) is 11.5. The largest absolute Gasteiger partial charge is 0.375 e. The quantitative estimate of drug-likeness (QED) is 0.742. The Bertz CT molecular complexity index is 554. The average Bonchev–Trinajstić information content (AvgIpc) is 2.81. The second-order valence-electron chi connectivity index (χ2n) is 6.61. The average molecular weight is 322 g/mol. The number of likely N-dealkylation sites (N-methyl/N-ethyl adjacent to an activating group) is 1. The molecule has 23 heavy (non-hydrogen) atoms. The first kappa shape index (κ1) is 16.4. The minimum Gasteiger partial charge on any atom is -0.375 e. The molecule has 3 heterocycles. The summed E-state index contributed by atoms with van der Waals surface area (Å²) >= 11 is 0. The molecule has 0 aromatic carbocycles. The summed E-state index contributed by atoms with van der Waals surface area (Å²) in [6, 6.07) is 0.144. The fourth-order valence-corrected chi connectivity index (χ4v) is 3.08. The molecule has 0 aliphatic carbocycles. The van der Waals surface area contributed by atoms with E-state index in [1.165, 1.54) is 0 Å². The van der Waals surface area contributed by atoms with E-state index >= 15 is 0 Å². The smallest absolute Gasteiger partial charge is 0.225 e. The Kier molecular flexibility index (Phi) is 4.93. The molecule has 3 rings (SSSR count). The number of hydrogen-bond donors (Lipinski definition) is 1. The molecule has 1 fully saturated rings. The first-order valence-corrected chi connectivity index (χ1v) is 8.20. The number of nitrogens with one attached hydrogen (secondary N) is 1. The van der Waals surface area contributed by atoms with Crippen molar-refractivity contribution in [3.8, 4) is 0 Å². The molecular formula is C15H26N6O2.